The monoisotopic (exact) mass is 354 g/mol. The quantitative estimate of drug-likeness (QED) is 0.297. The van der Waals surface area contributed by atoms with Gasteiger partial charge >= 0.3 is 12.1 Å². The molecule has 0 fully saturated rings. The molecule has 24 heavy (non-hydrogen) atoms. The lowest BCUT2D eigenvalue weighted by Crippen LogP contribution is -2.15. The average Bonchev–Trinajstić information content (AvgIpc) is 2.95. The largest absolute Gasteiger partial charge is 0.416 e. The van der Waals surface area contributed by atoms with Crippen molar-refractivity contribution >= 4 is 29.2 Å². The zero-order chi connectivity index (χ0) is 17.7. The summed E-state index contributed by atoms with van der Waals surface area (Å²) in [5.41, 5.74) is 6.03. The summed E-state index contributed by atoms with van der Waals surface area (Å²) in [6, 6.07) is 5.97. The van der Waals surface area contributed by atoms with Crippen molar-refractivity contribution < 1.29 is 22.8 Å². The molecule has 0 saturated heterocycles. The van der Waals surface area contributed by atoms with Crippen LogP contribution in [0.3, 0.4) is 0 Å². The van der Waals surface area contributed by atoms with Gasteiger partial charge in [-0.2, -0.15) is 13.2 Å². The number of rotatable bonds is 4. The van der Waals surface area contributed by atoms with Crippen LogP contribution in [0.5, 0.6) is 0 Å². The molecule has 8 heteroatoms. The highest BCUT2D eigenvalue weighted by atomic mass is 32.1. The number of carbonyl (C=O) groups is 1. The molecule has 0 aliphatic rings. The second kappa shape index (κ2) is 7.31. The number of hydrogen-bond donors (Lipinski definition) is 1. The standard InChI is InChI=1S/C16H13F3N2O2S/c1-10-8-9-24-13(10)6-7-14(22)23-21-15(20)11-2-4-12(5-3-11)16(17,18)19/h2-9H,1H3,(H2,20,21). The Balaban J connectivity index is 1.99. The number of aryl methyl sites for hydroxylation is 1. The zero-order valence-electron chi connectivity index (χ0n) is 12.5. The van der Waals surface area contributed by atoms with Gasteiger partial charge in [0.2, 0.25) is 0 Å². The van der Waals surface area contributed by atoms with Gasteiger partial charge in [-0.25, -0.2) is 4.79 Å². The van der Waals surface area contributed by atoms with E-state index in [2.05, 4.69) is 9.99 Å². The zero-order valence-corrected chi connectivity index (χ0v) is 13.3. The highest BCUT2D eigenvalue weighted by Gasteiger charge is 2.30. The minimum atomic E-state index is -4.43. The molecule has 1 aromatic heterocycles. The van der Waals surface area contributed by atoms with Crippen molar-refractivity contribution in [1.82, 2.24) is 0 Å². The Morgan fingerprint density at radius 2 is 1.92 bits per heavy atom. The molecule has 0 spiro atoms. The lowest BCUT2D eigenvalue weighted by Gasteiger charge is -2.06. The predicted molar refractivity (Wildman–Crippen MR) is 86.4 cm³/mol. The molecule has 0 atom stereocenters. The molecular weight excluding hydrogens is 341 g/mol. The van der Waals surface area contributed by atoms with Gasteiger partial charge in [0.1, 0.15) is 0 Å². The van der Waals surface area contributed by atoms with Gasteiger partial charge in [0.25, 0.3) is 0 Å². The second-order valence-corrected chi connectivity index (χ2v) is 5.71. The summed E-state index contributed by atoms with van der Waals surface area (Å²) >= 11 is 1.47. The van der Waals surface area contributed by atoms with Crippen molar-refractivity contribution in [3.63, 3.8) is 0 Å². The molecule has 1 heterocycles. The SMILES string of the molecule is Cc1ccsc1C=CC(=O)O/N=C(\N)c1ccc(C(F)(F)F)cc1. The van der Waals surface area contributed by atoms with Crippen LogP contribution in [0.4, 0.5) is 13.2 Å². The van der Waals surface area contributed by atoms with Crippen molar-refractivity contribution in [2.45, 2.75) is 13.1 Å². The van der Waals surface area contributed by atoms with E-state index >= 15 is 0 Å². The number of nitrogens with two attached hydrogens (primary N) is 1. The molecule has 0 saturated carbocycles. The van der Waals surface area contributed by atoms with E-state index in [4.69, 9.17) is 5.73 Å². The molecule has 0 bridgehead atoms. The second-order valence-electron chi connectivity index (χ2n) is 4.76. The van der Waals surface area contributed by atoms with Crippen LogP contribution in [0, 0.1) is 6.92 Å². The molecule has 0 aliphatic heterocycles. The fourth-order valence-corrected chi connectivity index (χ4v) is 2.53. The van der Waals surface area contributed by atoms with E-state index in [0.717, 1.165) is 34.7 Å². The molecule has 0 amide bonds. The van der Waals surface area contributed by atoms with E-state index in [1.54, 1.807) is 6.08 Å². The van der Waals surface area contributed by atoms with Gasteiger partial charge in [-0.3, -0.25) is 0 Å². The van der Waals surface area contributed by atoms with E-state index in [9.17, 15) is 18.0 Å². The molecule has 0 unspecified atom stereocenters. The smallest absolute Gasteiger partial charge is 0.380 e. The van der Waals surface area contributed by atoms with Gasteiger partial charge in [0, 0.05) is 16.5 Å². The summed E-state index contributed by atoms with van der Waals surface area (Å²) in [7, 11) is 0. The number of halogens is 3. The number of benzene rings is 1. The van der Waals surface area contributed by atoms with E-state index in [1.807, 2.05) is 18.4 Å². The van der Waals surface area contributed by atoms with E-state index in [-0.39, 0.29) is 11.4 Å². The third-order valence-electron chi connectivity index (χ3n) is 3.01. The van der Waals surface area contributed by atoms with Crippen LogP contribution >= 0.6 is 11.3 Å². The summed E-state index contributed by atoms with van der Waals surface area (Å²) in [6.07, 6.45) is -1.64. The maximum Gasteiger partial charge on any atom is 0.416 e. The number of alkyl halides is 3. The highest BCUT2D eigenvalue weighted by Crippen LogP contribution is 2.29. The van der Waals surface area contributed by atoms with E-state index in [0.29, 0.717) is 0 Å². The first kappa shape index (κ1) is 17.7. The van der Waals surface area contributed by atoms with Gasteiger partial charge in [-0.05, 0) is 42.1 Å². The van der Waals surface area contributed by atoms with E-state index < -0.39 is 17.7 Å². The minimum absolute atomic E-state index is 0.197. The molecule has 0 radical (unpaired) electrons. The molecule has 0 aliphatic carbocycles. The van der Waals surface area contributed by atoms with Gasteiger partial charge in [0.15, 0.2) is 5.84 Å². The van der Waals surface area contributed by atoms with Crippen LogP contribution in [0.25, 0.3) is 6.08 Å². The molecule has 2 N–H and O–H groups in total. The normalized spacial score (nSPS) is 12.6. The molecule has 126 valence electrons. The molecule has 2 aromatic rings. The van der Waals surface area contributed by atoms with Crippen LogP contribution in [-0.2, 0) is 15.8 Å². The molecular formula is C16H13F3N2O2S. The fourth-order valence-electron chi connectivity index (χ4n) is 1.71. The van der Waals surface area contributed by atoms with Crippen molar-refractivity contribution in [3.8, 4) is 0 Å². The first-order chi connectivity index (χ1) is 11.3. The Morgan fingerprint density at radius 1 is 1.25 bits per heavy atom. The summed E-state index contributed by atoms with van der Waals surface area (Å²) in [5, 5.41) is 5.31. The van der Waals surface area contributed by atoms with Crippen molar-refractivity contribution in [2.24, 2.45) is 10.9 Å². The maximum atomic E-state index is 12.5. The van der Waals surface area contributed by atoms with Gasteiger partial charge in [0.05, 0.1) is 5.56 Å². The van der Waals surface area contributed by atoms with Gasteiger partial charge < -0.3 is 10.6 Å². The summed E-state index contributed by atoms with van der Waals surface area (Å²) in [4.78, 5) is 17.1. The number of hydrogen-bond acceptors (Lipinski definition) is 4. The van der Waals surface area contributed by atoms with Crippen molar-refractivity contribution in [1.29, 1.82) is 0 Å². The predicted octanol–water partition coefficient (Wildman–Crippen LogP) is 3.95. The van der Waals surface area contributed by atoms with Crippen LogP contribution in [0.2, 0.25) is 0 Å². The maximum absolute atomic E-state index is 12.5. The Morgan fingerprint density at radius 3 is 2.46 bits per heavy atom. The Bertz CT molecular complexity index is 777. The van der Waals surface area contributed by atoms with E-state index in [1.165, 1.54) is 17.4 Å². The van der Waals surface area contributed by atoms with Crippen molar-refractivity contribution in [2.75, 3.05) is 0 Å². The van der Waals surface area contributed by atoms with Crippen LogP contribution < -0.4 is 5.73 Å². The van der Waals surface area contributed by atoms with Crippen LogP contribution in [0.15, 0.2) is 46.9 Å². The van der Waals surface area contributed by atoms with Gasteiger partial charge in [-0.15, -0.1) is 11.3 Å². The van der Waals surface area contributed by atoms with Crippen LogP contribution in [0.1, 0.15) is 21.6 Å². The topological polar surface area (TPSA) is 64.7 Å². The molecule has 2 rings (SSSR count). The van der Waals surface area contributed by atoms with Crippen molar-refractivity contribution in [3.05, 3.63) is 63.4 Å². The molecule has 4 nitrogen and oxygen atoms in total. The molecule has 1 aromatic carbocycles. The number of carbonyl (C=O) groups excluding carboxylic acids is 1. The number of oxime groups is 1. The summed E-state index contributed by atoms with van der Waals surface area (Å²) in [5.74, 6) is -0.935. The summed E-state index contributed by atoms with van der Waals surface area (Å²) in [6.45, 7) is 1.91. The third kappa shape index (κ3) is 4.69. The van der Waals surface area contributed by atoms with Gasteiger partial charge in [-0.1, -0.05) is 17.3 Å². The highest BCUT2D eigenvalue weighted by molar-refractivity contribution is 7.11. The first-order valence-corrected chi connectivity index (χ1v) is 7.59. The number of nitrogens with zero attached hydrogens (tertiary/aromatic N) is 1. The average molecular weight is 354 g/mol. The minimum Gasteiger partial charge on any atom is -0.380 e. The number of thiophene rings is 1. The Hall–Kier alpha value is -2.61. The Labute approximate surface area is 140 Å². The fraction of sp³-hybridized carbons (Fsp3) is 0.125. The number of amidine groups is 1. The third-order valence-corrected chi connectivity index (χ3v) is 4.00. The summed E-state index contributed by atoms with van der Waals surface area (Å²) < 4.78 is 37.4. The van der Waals surface area contributed by atoms with Crippen LogP contribution in [-0.4, -0.2) is 11.8 Å². The lowest BCUT2D eigenvalue weighted by molar-refractivity contribution is -0.138. The lowest BCUT2D eigenvalue weighted by atomic mass is 10.1. The first-order valence-electron chi connectivity index (χ1n) is 6.71. The Kier molecular flexibility index (Phi) is 5.40.